The summed E-state index contributed by atoms with van der Waals surface area (Å²) in [7, 11) is 0. The number of amides is 2. The molecule has 4 nitrogen and oxygen atoms in total. The van der Waals surface area contributed by atoms with E-state index < -0.39 is 0 Å². The maximum Gasteiger partial charge on any atom is 0.261 e. The summed E-state index contributed by atoms with van der Waals surface area (Å²) in [6.07, 6.45) is 2.13. The number of hydrogen-bond acceptors (Lipinski definition) is 3. The van der Waals surface area contributed by atoms with Crippen molar-refractivity contribution in [3.05, 3.63) is 52.2 Å². The Morgan fingerprint density at radius 2 is 1.90 bits per heavy atom. The molecule has 0 atom stereocenters. The molecule has 1 aromatic heterocycles. The Hall–Kier alpha value is -2.14. The van der Waals surface area contributed by atoms with Crippen LogP contribution in [0.15, 0.2) is 41.8 Å². The number of thiophene rings is 1. The van der Waals surface area contributed by atoms with Crippen LogP contribution < -0.4 is 10.6 Å². The normalized spacial score (nSPS) is 10.1. The summed E-state index contributed by atoms with van der Waals surface area (Å²) < 4.78 is 0. The van der Waals surface area contributed by atoms with Gasteiger partial charge in [0, 0.05) is 5.69 Å². The molecule has 5 heteroatoms. The van der Waals surface area contributed by atoms with Gasteiger partial charge in [0.05, 0.1) is 11.4 Å². The summed E-state index contributed by atoms with van der Waals surface area (Å²) in [5.74, 6) is -0.457. The van der Waals surface area contributed by atoms with Crippen molar-refractivity contribution >= 4 is 28.8 Å². The molecular formula is C16H18N2O2S. The van der Waals surface area contributed by atoms with E-state index in [9.17, 15) is 9.59 Å². The summed E-state index contributed by atoms with van der Waals surface area (Å²) >= 11 is 1.35. The van der Waals surface area contributed by atoms with Crippen LogP contribution in [0, 0.1) is 0 Å². The zero-order valence-corrected chi connectivity index (χ0v) is 12.7. The smallest absolute Gasteiger partial charge is 0.261 e. The predicted molar refractivity (Wildman–Crippen MR) is 85.7 cm³/mol. The van der Waals surface area contributed by atoms with Crippen LogP contribution in [0.2, 0.25) is 0 Å². The molecule has 1 aromatic carbocycles. The van der Waals surface area contributed by atoms with Crippen molar-refractivity contribution in [2.45, 2.75) is 19.8 Å². The zero-order chi connectivity index (χ0) is 15.1. The second kappa shape index (κ2) is 7.59. The minimum atomic E-state index is -0.233. The topological polar surface area (TPSA) is 58.2 Å². The fraction of sp³-hybridized carbons (Fsp3) is 0.250. The fourth-order valence-electron chi connectivity index (χ4n) is 1.90. The minimum absolute atomic E-state index is 0.0343. The number of rotatable bonds is 6. The number of anilines is 1. The fourth-order valence-corrected chi connectivity index (χ4v) is 2.54. The van der Waals surface area contributed by atoms with E-state index >= 15 is 0 Å². The van der Waals surface area contributed by atoms with Crippen molar-refractivity contribution in [3.63, 3.8) is 0 Å². The Morgan fingerprint density at radius 1 is 1.14 bits per heavy atom. The highest BCUT2D eigenvalue weighted by Crippen LogP contribution is 2.11. The van der Waals surface area contributed by atoms with E-state index in [1.807, 2.05) is 29.6 Å². The monoisotopic (exact) mass is 302 g/mol. The van der Waals surface area contributed by atoms with Gasteiger partial charge in [0.15, 0.2) is 0 Å². The molecule has 0 aliphatic carbocycles. The minimum Gasteiger partial charge on any atom is -0.342 e. The molecule has 0 fully saturated rings. The number of nitrogens with one attached hydrogen (secondary N) is 2. The quantitative estimate of drug-likeness (QED) is 0.861. The molecule has 0 unspecified atom stereocenters. The van der Waals surface area contributed by atoms with Crippen LogP contribution in [0.3, 0.4) is 0 Å². The molecule has 0 radical (unpaired) electrons. The Morgan fingerprint density at radius 3 is 2.52 bits per heavy atom. The summed E-state index contributed by atoms with van der Waals surface area (Å²) in [5.41, 5.74) is 1.99. The molecule has 110 valence electrons. The second-order valence-electron chi connectivity index (χ2n) is 4.66. The van der Waals surface area contributed by atoms with E-state index in [4.69, 9.17) is 0 Å². The van der Waals surface area contributed by atoms with E-state index in [1.165, 1.54) is 16.9 Å². The molecule has 2 aromatic rings. The van der Waals surface area contributed by atoms with Gasteiger partial charge in [0.2, 0.25) is 5.91 Å². The summed E-state index contributed by atoms with van der Waals surface area (Å²) in [5, 5.41) is 7.18. The number of hydrogen-bond donors (Lipinski definition) is 2. The van der Waals surface area contributed by atoms with Crippen LogP contribution in [0.25, 0.3) is 0 Å². The van der Waals surface area contributed by atoms with Crippen LogP contribution >= 0.6 is 11.3 Å². The Bertz CT molecular complexity index is 591. The van der Waals surface area contributed by atoms with Crippen LogP contribution in [-0.4, -0.2) is 18.4 Å². The van der Waals surface area contributed by atoms with Crippen molar-refractivity contribution < 1.29 is 9.59 Å². The van der Waals surface area contributed by atoms with E-state index in [2.05, 4.69) is 17.6 Å². The van der Waals surface area contributed by atoms with Crippen LogP contribution in [-0.2, 0) is 11.2 Å². The summed E-state index contributed by atoms with van der Waals surface area (Å²) in [6.45, 7) is 2.10. The van der Waals surface area contributed by atoms with Crippen molar-refractivity contribution in [1.82, 2.24) is 5.32 Å². The molecule has 0 saturated heterocycles. The molecule has 21 heavy (non-hydrogen) atoms. The first-order valence-corrected chi connectivity index (χ1v) is 7.77. The van der Waals surface area contributed by atoms with E-state index in [1.54, 1.807) is 12.1 Å². The second-order valence-corrected chi connectivity index (χ2v) is 5.60. The molecule has 2 amide bonds. The standard InChI is InChI=1S/C16H18N2O2S/c1-2-4-12-6-8-13(9-7-12)18-15(19)11-17-16(20)14-5-3-10-21-14/h3,5-10H,2,4,11H2,1H3,(H,17,20)(H,18,19). The maximum atomic E-state index is 11.8. The van der Waals surface area contributed by atoms with Crippen LogP contribution in [0.5, 0.6) is 0 Å². The SMILES string of the molecule is CCCc1ccc(NC(=O)CNC(=O)c2cccs2)cc1. The molecule has 2 N–H and O–H groups in total. The van der Waals surface area contributed by atoms with E-state index in [0.29, 0.717) is 4.88 Å². The van der Waals surface area contributed by atoms with E-state index in [-0.39, 0.29) is 18.4 Å². The lowest BCUT2D eigenvalue weighted by molar-refractivity contribution is -0.115. The highest BCUT2D eigenvalue weighted by molar-refractivity contribution is 7.12. The lowest BCUT2D eigenvalue weighted by atomic mass is 10.1. The van der Waals surface area contributed by atoms with Crippen molar-refractivity contribution in [2.24, 2.45) is 0 Å². The van der Waals surface area contributed by atoms with Crippen molar-refractivity contribution in [1.29, 1.82) is 0 Å². The molecule has 0 saturated carbocycles. The number of aryl methyl sites for hydroxylation is 1. The molecule has 0 aliphatic heterocycles. The molecular weight excluding hydrogens is 284 g/mol. The molecule has 2 rings (SSSR count). The first-order chi connectivity index (χ1) is 10.2. The predicted octanol–water partition coefficient (Wildman–Crippen LogP) is 3.07. The molecule has 0 aliphatic rings. The average Bonchev–Trinajstić information content (AvgIpc) is 3.01. The Labute approximate surface area is 128 Å². The van der Waals surface area contributed by atoms with Gasteiger partial charge >= 0.3 is 0 Å². The van der Waals surface area contributed by atoms with Crippen molar-refractivity contribution in [2.75, 3.05) is 11.9 Å². The summed E-state index contributed by atoms with van der Waals surface area (Å²) in [4.78, 5) is 24.1. The van der Waals surface area contributed by atoms with Gasteiger partial charge in [-0.2, -0.15) is 0 Å². The maximum absolute atomic E-state index is 11.8. The zero-order valence-electron chi connectivity index (χ0n) is 11.9. The van der Waals surface area contributed by atoms with Gasteiger partial charge in [-0.05, 0) is 35.6 Å². The third kappa shape index (κ3) is 4.72. The van der Waals surface area contributed by atoms with Gasteiger partial charge in [0.1, 0.15) is 0 Å². The highest BCUT2D eigenvalue weighted by atomic mass is 32.1. The Balaban J connectivity index is 1.80. The highest BCUT2D eigenvalue weighted by Gasteiger charge is 2.08. The van der Waals surface area contributed by atoms with Gasteiger partial charge in [-0.15, -0.1) is 11.3 Å². The van der Waals surface area contributed by atoms with Gasteiger partial charge in [-0.3, -0.25) is 9.59 Å². The van der Waals surface area contributed by atoms with Crippen LogP contribution in [0.1, 0.15) is 28.6 Å². The van der Waals surface area contributed by atoms with Crippen molar-refractivity contribution in [3.8, 4) is 0 Å². The lowest BCUT2D eigenvalue weighted by Crippen LogP contribution is -2.32. The lowest BCUT2D eigenvalue weighted by Gasteiger charge is -2.07. The third-order valence-corrected chi connectivity index (χ3v) is 3.80. The third-order valence-electron chi connectivity index (χ3n) is 2.93. The molecule has 0 bridgehead atoms. The van der Waals surface area contributed by atoms with Gasteiger partial charge in [-0.1, -0.05) is 31.5 Å². The summed E-state index contributed by atoms with van der Waals surface area (Å²) in [6, 6.07) is 11.3. The van der Waals surface area contributed by atoms with Gasteiger partial charge in [-0.25, -0.2) is 0 Å². The first kappa shape index (κ1) is 15.3. The Kier molecular flexibility index (Phi) is 5.51. The van der Waals surface area contributed by atoms with Gasteiger partial charge in [0.25, 0.3) is 5.91 Å². The number of carbonyl (C=O) groups is 2. The van der Waals surface area contributed by atoms with E-state index in [0.717, 1.165) is 18.5 Å². The largest absolute Gasteiger partial charge is 0.342 e. The van der Waals surface area contributed by atoms with Crippen LogP contribution in [0.4, 0.5) is 5.69 Å². The van der Waals surface area contributed by atoms with Gasteiger partial charge < -0.3 is 10.6 Å². The average molecular weight is 302 g/mol. The first-order valence-electron chi connectivity index (χ1n) is 6.89. The molecule has 1 heterocycles. The number of benzene rings is 1. The molecule has 0 spiro atoms. The number of carbonyl (C=O) groups excluding carboxylic acids is 2.